The largest absolute Gasteiger partial charge is 0.461 e. The van der Waals surface area contributed by atoms with Gasteiger partial charge in [0.05, 0.1) is 12.0 Å². The van der Waals surface area contributed by atoms with Gasteiger partial charge in [-0.25, -0.2) is 0 Å². The van der Waals surface area contributed by atoms with Crippen LogP contribution in [0.5, 0.6) is 0 Å². The Bertz CT molecular complexity index is 1090. The molecule has 9 nitrogen and oxygen atoms in total. The fourth-order valence-corrected chi connectivity index (χ4v) is 7.60. The summed E-state index contributed by atoms with van der Waals surface area (Å²) in [6.07, 6.45) is -1.55. The first kappa shape index (κ1) is 31.8. The van der Waals surface area contributed by atoms with Crippen molar-refractivity contribution in [2.75, 3.05) is 0 Å². The van der Waals surface area contributed by atoms with Gasteiger partial charge in [-0.15, -0.1) is 0 Å². The molecule has 3 aliphatic rings. The van der Waals surface area contributed by atoms with Crippen LogP contribution in [-0.2, 0) is 38.1 Å². The van der Waals surface area contributed by atoms with Crippen molar-refractivity contribution in [2.45, 2.75) is 119 Å². The van der Waals surface area contributed by atoms with Gasteiger partial charge in [-0.1, -0.05) is 32.9 Å². The minimum Gasteiger partial charge on any atom is -0.461 e. The zero-order valence-electron chi connectivity index (χ0n) is 25.4. The summed E-state index contributed by atoms with van der Waals surface area (Å²) in [5, 5.41) is 10.1. The molecule has 0 saturated heterocycles. The van der Waals surface area contributed by atoms with E-state index >= 15 is 0 Å². The van der Waals surface area contributed by atoms with E-state index in [9.17, 15) is 24.3 Å². The maximum atomic E-state index is 13.2. The van der Waals surface area contributed by atoms with E-state index in [0.717, 1.165) is 11.1 Å². The molecule has 40 heavy (non-hydrogen) atoms. The molecule has 9 atom stereocenters. The van der Waals surface area contributed by atoms with Crippen molar-refractivity contribution in [3.63, 3.8) is 0 Å². The number of aliphatic hydroxyl groups is 1. The fourth-order valence-electron chi connectivity index (χ4n) is 7.60. The quantitative estimate of drug-likeness (QED) is 0.284. The summed E-state index contributed by atoms with van der Waals surface area (Å²) < 4.78 is 23.9. The molecule has 2 bridgehead atoms. The Kier molecular flexibility index (Phi) is 9.29. The van der Waals surface area contributed by atoms with Crippen molar-refractivity contribution < 1.29 is 43.2 Å². The Hall–Kier alpha value is -2.68. The van der Waals surface area contributed by atoms with Crippen LogP contribution in [-0.4, -0.2) is 59.5 Å². The molecule has 224 valence electrons. The summed E-state index contributed by atoms with van der Waals surface area (Å²) >= 11 is 0. The monoisotopic (exact) mass is 562 g/mol. The van der Waals surface area contributed by atoms with E-state index in [1.54, 1.807) is 6.92 Å². The summed E-state index contributed by atoms with van der Waals surface area (Å²) in [6.45, 7) is 19.6. The minimum absolute atomic E-state index is 0.348. The van der Waals surface area contributed by atoms with Gasteiger partial charge in [0.1, 0.15) is 24.4 Å². The third-order valence-electron chi connectivity index (χ3n) is 9.37. The van der Waals surface area contributed by atoms with Crippen LogP contribution >= 0.6 is 0 Å². The summed E-state index contributed by atoms with van der Waals surface area (Å²) in [4.78, 5) is 50.2. The number of aliphatic hydroxyl groups excluding tert-OH is 1. The summed E-state index contributed by atoms with van der Waals surface area (Å²) in [5.41, 5.74) is 1.23. The molecule has 3 aliphatic carbocycles. The lowest BCUT2D eigenvalue weighted by Gasteiger charge is -2.58. The van der Waals surface area contributed by atoms with E-state index in [1.807, 2.05) is 20.8 Å². The highest BCUT2D eigenvalue weighted by atomic mass is 16.6. The van der Waals surface area contributed by atoms with Crippen molar-refractivity contribution in [3.8, 4) is 0 Å². The molecule has 2 saturated carbocycles. The second-order valence-electron chi connectivity index (χ2n) is 12.9. The molecule has 0 heterocycles. The Morgan fingerprint density at radius 2 is 1.48 bits per heavy atom. The zero-order valence-corrected chi connectivity index (χ0v) is 25.4. The number of rotatable bonds is 6. The van der Waals surface area contributed by atoms with Gasteiger partial charge in [-0.05, 0) is 62.0 Å². The number of carbonyl (C=O) groups excluding carboxylic acids is 4. The van der Waals surface area contributed by atoms with Crippen molar-refractivity contribution >= 4 is 23.9 Å². The van der Waals surface area contributed by atoms with Crippen LogP contribution in [0.4, 0.5) is 0 Å². The van der Waals surface area contributed by atoms with Crippen molar-refractivity contribution in [1.29, 1.82) is 0 Å². The highest BCUT2D eigenvalue weighted by Gasteiger charge is 2.61. The van der Waals surface area contributed by atoms with Gasteiger partial charge in [-0.2, -0.15) is 0 Å². The van der Waals surface area contributed by atoms with E-state index in [0.29, 0.717) is 31.3 Å². The molecule has 2 fully saturated rings. The standard InChI is InChI=1S/C31H46O9/c1-15-13-23(40-29(36)16(2)18(4)32)27-28(39-21(7)35)26-17(3)22(37-19(5)33)11-12-31(26,10)14-24(38-20(6)34)25(15)30(27,8)9/h16,18,22-24,26-28,32H,3,11-14H2,1-2,4-10H3/t16-,18+,22+,23+,24-,26-,27-,28-,31-/m1/s1. The number of ether oxygens (including phenoxy) is 4. The molecule has 0 aliphatic heterocycles. The molecule has 0 aromatic rings. The first-order chi connectivity index (χ1) is 18.4. The topological polar surface area (TPSA) is 125 Å². The van der Waals surface area contributed by atoms with Gasteiger partial charge < -0.3 is 24.1 Å². The fraction of sp³-hybridized carbons (Fsp3) is 0.742. The summed E-state index contributed by atoms with van der Waals surface area (Å²) in [7, 11) is 0. The van der Waals surface area contributed by atoms with Crippen LogP contribution in [0.3, 0.4) is 0 Å². The van der Waals surface area contributed by atoms with Gasteiger partial charge in [-0.3, -0.25) is 19.2 Å². The normalized spacial score (nSPS) is 34.8. The molecule has 0 unspecified atom stereocenters. The highest BCUT2D eigenvalue weighted by Crippen LogP contribution is 2.60. The number of hydrogen-bond acceptors (Lipinski definition) is 9. The van der Waals surface area contributed by atoms with E-state index in [4.69, 9.17) is 18.9 Å². The van der Waals surface area contributed by atoms with Gasteiger partial charge in [0, 0.05) is 39.0 Å². The Labute approximate surface area is 237 Å². The molecule has 0 aromatic heterocycles. The molecular weight excluding hydrogens is 516 g/mol. The molecular formula is C31H46O9. The number of esters is 4. The average Bonchev–Trinajstić information content (AvgIpc) is 2.77. The molecule has 1 N–H and O–H groups in total. The predicted octanol–water partition coefficient (Wildman–Crippen LogP) is 4.45. The van der Waals surface area contributed by atoms with Crippen LogP contribution in [0.25, 0.3) is 0 Å². The third-order valence-corrected chi connectivity index (χ3v) is 9.37. The SMILES string of the molecule is C=C1[C@@H](OC(C)=O)CC[C@]2(C)C[C@@H](OC(C)=O)C3=C(C)C[C@H](OC(=O)[C@H](C)[C@H](C)O)[C@H]([C@H](OC(C)=O)[C@@H]12)C3(C)C. The lowest BCUT2D eigenvalue weighted by atomic mass is 9.50. The van der Waals surface area contributed by atoms with Crippen molar-refractivity contribution in [2.24, 2.45) is 28.6 Å². The third kappa shape index (κ3) is 6.14. The predicted molar refractivity (Wildman–Crippen MR) is 147 cm³/mol. The molecule has 0 amide bonds. The highest BCUT2D eigenvalue weighted by molar-refractivity contribution is 5.73. The molecule has 3 rings (SSSR count). The Balaban J connectivity index is 2.27. The van der Waals surface area contributed by atoms with Gasteiger partial charge in [0.25, 0.3) is 0 Å². The number of carbonyl (C=O) groups is 4. The van der Waals surface area contributed by atoms with E-state index in [1.165, 1.54) is 27.7 Å². The minimum atomic E-state index is -0.905. The van der Waals surface area contributed by atoms with Crippen LogP contribution in [0.2, 0.25) is 0 Å². The van der Waals surface area contributed by atoms with Gasteiger partial charge in [0.2, 0.25) is 0 Å². The maximum Gasteiger partial charge on any atom is 0.311 e. The lowest BCUT2D eigenvalue weighted by molar-refractivity contribution is -0.189. The second-order valence-corrected chi connectivity index (χ2v) is 12.9. The average molecular weight is 563 g/mol. The van der Waals surface area contributed by atoms with Crippen LogP contribution in [0, 0.1) is 28.6 Å². The van der Waals surface area contributed by atoms with Gasteiger partial charge in [0.15, 0.2) is 0 Å². The van der Waals surface area contributed by atoms with Crippen LogP contribution in [0.15, 0.2) is 23.3 Å². The molecule has 0 aromatic carbocycles. The van der Waals surface area contributed by atoms with Crippen LogP contribution < -0.4 is 0 Å². The van der Waals surface area contributed by atoms with Crippen LogP contribution in [0.1, 0.15) is 88.0 Å². The molecule has 0 spiro atoms. The summed E-state index contributed by atoms with van der Waals surface area (Å²) in [6, 6.07) is 0. The van der Waals surface area contributed by atoms with E-state index in [2.05, 4.69) is 13.5 Å². The molecule has 9 heteroatoms. The van der Waals surface area contributed by atoms with Gasteiger partial charge >= 0.3 is 23.9 Å². The summed E-state index contributed by atoms with van der Waals surface area (Å²) in [5.74, 6) is -3.65. The second kappa shape index (κ2) is 11.7. The smallest absolute Gasteiger partial charge is 0.311 e. The number of hydrogen-bond donors (Lipinski definition) is 1. The van der Waals surface area contributed by atoms with E-state index < -0.39 is 83.0 Å². The van der Waals surface area contributed by atoms with E-state index in [-0.39, 0.29) is 0 Å². The first-order valence-electron chi connectivity index (χ1n) is 14.2. The Morgan fingerprint density at radius 1 is 0.925 bits per heavy atom. The Morgan fingerprint density at radius 3 is 2.00 bits per heavy atom. The van der Waals surface area contributed by atoms with Crippen molar-refractivity contribution in [1.82, 2.24) is 0 Å². The zero-order chi connectivity index (χ0) is 30.3. The first-order valence-corrected chi connectivity index (χ1v) is 14.2. The maximum absolute atomic E-state index is 13.2. The van der Waals surface area contributed by atoms with Crippen molar-refractivity contribution in [3.05, 3.63) is 23.3 Å². The number of fused-ring (bicyclic) bond motifs is 3. The molecule has 0 radical (unpaired) electrons. The lowest BCUT2D eigenvalue weighted by Crippen LogP contribution is -2.60.